The molecule has 3 aromatic rings. The molecule has 3 rings (SSSR count). The molecule has 0 N–H and O–H groups in total. The second-order valence-corrected chi connectivity index (χ2v) is 7.06. The topological polar surface area (TPSA) is 97.1 Å². The number of benzene rings is 2. The zero-order valence-corrected chi connectivity index (χ0v) is 18.5. The molecule has 0 bridgehead atoms. The van der Waals surface area contributed by atoms with Crippen molar-refractivity contribution in [2.24, 2.45) is 0 Å². The van der Waals surface area contributed by atoms with E-state index < -0.39 is 5.97 Å². The van der Waals surface area contributed by atoms with Crippen LogP contribution >= 0.6 is 0 Å². The molecule has 1 heterocycles. The fourth-order valence-electron chi connectivity index (χ4n) is 3.04. The molecule has 168 valence electrons. The molecule has 8 nitrogen and oxygen atoms in total. The molecule has 0 aliphatic rings. The molecule has 2 aromatic carbocycles. The van der Waals surface area contributed by atoms with E-state index in [0.717, 1.165) is 22.6 Å². The number of carbonyl (C=O) groups is 2. The number of aryl methyl sites for hydroxylation is 2. The molecule has 0 spiro atoms. The molecule has 0 atom stereocenters. The van der Waals surface area contributed by atoms with Gasteiger partial charge in [-0.3, -0.25) is 9.59 Å². The number of Topliss-reactive ketones (excluding diaryl/α,β-unsaturated/α-hetero) is 1. The van der Waals surface area contributed by atoms with Crippen LogP contribution in [0, 0.1) is 13.8 Å². The van der Waals surface area contributed by atoms with Crippen molar-refractivity contribution in [1.82, 2.24) is 5.16 Å². The molecular weight excluding hydrogens is 414 g/mol. The summed E-state index contributed by atoms with van der Waals surface area (Å²) in [6.45, 7) is 3.65. The number of ketones is 1. The zero-order chi connectivity index (χ0) is 23.1. The van der Waals surface area contributed by atoms with Gasteiger partial charge in [-0.25, -0.2) is 0 Å². The van der Waals surface area contributed by atoms with Gasteiger partial charge in [-0.1, -0.05) is 17.3 Å². The van der Waals surface area contributed by atoms with Crippen molar-refractivity contribution in [2.75, 3.05) is 20.8 Å². The SMILES string of the molecule is COc1ccc(OC)c(C(=O)COC(=O)Cc2ccc(OCc3c(C)noc3C)cc2)c1. The molecule has 0 amide bonds. The zero-order valence-electron chi connectivity index (χ0n) is 18.5. The summed E-state index contributed by atoms with van der Waals surface area (Å²) in [5.41, 5.74) is 2.74. The monoisotopic (exact) mass is 439 g/mol. The van der Waals surface area contributed by atoms with Gasteiger partial charge in [0, 0.05) is 0 Å². The van der Waals surface area contributed by atoms with Crippen molar-refractivity contribution in [2.45, 2.75) is 26.9 Å². The van der Waals surface area contributed by atoms with Gasteiger partial charge in [0.1, 0.15) is 29.6 Å². The summed E-state index contributed by atoms with van der Waals surface area (Å²) in [5.74, 6) is 1.39. The van der Waals surface area contributed by atoms with Crippen LogP contribution in [0.25, 0.3) is 0 Å². The van der Waals surface area contributed by atoms with E-state index in [1.54, 1.807) is 42.5 Å². The normalized spacial score (nSPS) is 10.5. The molecule has 0 fully saturated rings. The molecule has 0 unspecified atom stereocenters. The van der Waals surface area contributed by atoms with Gasteiger partial charge in [-0.05, 0) is 49.7 Å². The van der Waals surface area contributed by atoms with Crippen molar-refractivity contribution in [3.05, 3.63) is 70.6 Å². The standard InChI is InChI=1S/C24H25NO7/c1-15-21(16(2)32-25-15)13-30-18-7-5-17(6-8-18)11-24(27)31-14-22(26)20-12-19(28-3)9-10-23(20)29-4/h5-10,12H,11,13-14H2,1-4H3. The van der Waals surface area contributed by atoms with Crippen LogP contribution in [-0.2, 0) is 22.6 Å². The Bertz CT molecular complexity index is 1070. The summed E-state index contributed by atoms with van der Waals surface area (Å²) in [6, 6.07) is 12.0. The van der Waals surface area contributed by atoms with Gasteiger partial charge in [-0.15, -0.1) is 0 Å². The third-order valence-electron chi connectivity index (χ3n) is 4.91. The molecule has 0 aliphatic carbocycles. The van der Waals surface area contributed by atoms with Gasteiger partial charge in [-0.2, -0.15) is 0 Å². The van der Waals surface area contributed by atoms with Crippen LogP contribution in [0.1, 0.15) is 32.9 Å². The van der Waals surface area contributed by atoms with Gasteiger partial charge in [0.15, 0.2) is 6.61 Å². The van der Waals surface area contributed by atoms with Gasteiger partial charge in [0.2, 0.25) is 5.78 Å². The highest BCUT2D eigenvalue weighted by atomic mass is 16.5. The first kappa shape index (κ1) is 22.9. The highest BCUT2D eigenvalue weighted by molar-refractivity contribution is 6.00. The Labute approximate surface area is 186 Å². The molecule has 8 heteroatoms. The number of ether oxygens (including phenoxy) is 4. The number of rotatable bonds is 10. The predicted molar refractivity (Wildman–Crippen MR) is 115 cm³/mol. The first-order valence-electron chi connectivity index (χ1n) is 9.95. The molecule has 0 radical (unpaired) electrons. The first-order chi connectivity index (χ1) is 15.4. The van der Waals surface area contributed by atoms with Crippen LogP contribution in [0.3, 0.4) is 0 Å². The minimum Gasteiger partial charge on any atom is -0.497 e. The lowest BCUT2D eigenvalue weighted by atomic mass is 10.1. The number of esters is 1. The Morgan fingerprint density at radius 2 is 1.69 bits per heavy atom. The minimum atomic E-state index is -0.510. The summed E-state index contributed by atoms with van der Waals surface area (Å²) in [5, 5.41) is 3.90. The lowest BCUT2D eigenvalue weighted by Gasteiger charge is -2.10. The maximum atomic E-state index is 12.5. The second-order valence-electron chi connectivity index (χ2n) is 7.06. The highest BCUT2D eigenvalue weighted by Crippen LogP contribution is 2.24. The molecule has 0 saturated heterocycles. The van der Waals surface area contributed by atoms with Gasteiger partial charge in [0.25, 0.3) is 0 Å². The smallest absolute Gasteiger partial charge is 0.310 e. The second kappa shape index (κ2) is 10.5. The van der Waals surface area contributed by atoms with E-state index in [1.807, 2.05) is 13.8 Å². The molecule has 32 heavy (non-hydrogen) atoms. The van der Waals surface area contributed by atoms with Crippen LogP contribution in [0.5, 0.6) is 17.2 Å². The number of methoxy groups -OCH3 is 2. The van der Waals surface area contributed by atoms with E-state index >= 15 is 0 Å². The number of hydrogen-bond donors (Lipinski definition) is 0. The fourth-order valence-corrected chi connectivity index (χ4v) is 3.04. The summed E-state index contributed by atoms with van der Waals surface area (Å²) in [6.07, 6.45) is 0.0344. The average molecular weight is 439 g/mol. The Morgan fingerprint density at radius 1 is 0.969 bits per heavy atom. The third-order valence-corrected chi connectivity index (χ3v) is 4.91. The Hall–Kier alpha value is -3.81. The van der Waals surface area contributed by atoms with Crippen molar-refractivity contribution in [3.8, 4) is 17.2 Å². The van der Waals surface area contributed by atoms with E-state index in [1.165, 1.54) is 14.2 Å². The molecular formula is C24H25NO7. The summed E-state index contributed by atoms with van der Waals surface area (Å²) in [7, 11) is 2.97. The lowest BCUT2D eigenvalue weighted by Crippen LogP contribution is -2.16. The summed E-state index contributed by atoms with van der Waals surface area (Å²) >= 11 is 0. The quantitative estimate of drug-likeness (QED) is 0.347. The van der Waals surface area contributed by atoms with E-state index in [-0.39, 0.29) is 18.8 Å². The molecule has 1 aromatic heterocycles. The van der Waals surface area contributed by atoms with E-state index in [4.69, 9.17) is 23.5 Å². The maximum absolute atomic E-state index is 12.5. The van der Waals surface area contributed by atoms with Gasteiger partial charge >= 0.3 is 5.97 Å². The van der Waals surface area contributed by atoms with Gasteiger partial charge in [0.05, 0.1) is 37.5 Å². The summed E-state index contributed by atoms with van der Waals surface area (Å²) in [4.78, 5) is 24.7. The van der Waals surface area contributed by atoms with Gasteiger partial charge < -0.3 is 23.5 Å². The third kappa shape index (κ3) is 5.66. The van der Waals surface area contributed by atoms with E-state index in [9.17, 15) is 9.59 Å². The van der Waals surface area contributed by atoms with Crippen molar-refractivity contribution >= 4 is 11.8 Å². The summed E-state index contributed by atoms with van der Waals surface area (Å²) < 4.78 is 26.4. The highest BCUT2D eigenvalue weighted by Gasteiger charge is 2.16. The largest absolute Gasteiger partial charge is 0.497 e. The van der Waals surface area contributed by atoms with Crippen LogP contribution in [0.4, 0.5) is 0 Å². The Balaban J connectivity index is 1.51. The van der Waals surface area contributed by atoms with E-state index in [2.05, 4.69) is 5.16 Å². The molecule has 0 saturated carbocycles. The number of nitrogens with zero attached hydrogens (tertiary/aromatic N) is 1. The van der Waals surface area contributed by atoms with Crippen LogP contribution in [-0.4, -0.2) is 37.7 Å². The van der Waals surface area contributed by atoms with Crippen molar-refractivity contribution < 1.29 is 33.1 Å². The first-order valence-corrected chi connectivity index (χ1v) is 9.95. The van der Waals surface area contributed by atoms with E-state index in [0.29, 0.717) is 29.4 Å². The number of aromatic nitrogens is 1. The van der Waals surface area contributed by atoms with Crippen molar-refractivity contribution in [3.63, 3.8) is 0 Å². The Morgan fingerprint density at radius 3 is 2.31 bits per heavy atom. The fraction of sp³-hybridized carbons (Fsp3) is 0.292. The average Bonchev–Trinajstić information content (AvgIpc) is 3.13. The predicted octanol–water partition coefficient (Wildman–Crippen LogP) is 3.86. The lowest BCUT2D eigenvalue weighted by molar-refractivity contribution is -0.141. The minimum absolute atomic E-state index is 0.0344. The van der Waals surface area contributed by atoms with Crippen molar-refractivity contribution in [1.29, 1.82) is 0 Å². The number of hydrogen-bond acceptors (Lipinski definition) is 8. The molecule has 0 aliphatic heterocycles. The van der Waals surface area contributed by atoms with Crippen LogP contribution in [0.2, 0.25) is 0 Å². The van der Waals surface area contributed by atoms with Crippen LogP contribution in [0.15, 0.2) is 47.0 Å². The van der Waals surface area contributed by atoms with Crippen LogP contribution < -0.4 is 14.2 Å². The Kier molecular flexibility index (Phi) is 7.49. The number of carbonyl (C=O) groups excluding carboxylic acids is 2. The maximum Gasteiger partial charge on any atom is 0.310 e.